The Hall–Kier alpha value is -2.70. The quantitative estimate of drug-likeness (QED) is 0.777. The van der Waals surface area contributed by atoms with Crippen LogP contribution in [0.5, 0.6) is 0 Å². The second-order valence-corrected chi connectivity index (χ2v) is 3.54. The summed E-state index contributed by atoms with van der Waals surface area (Å²) in [7, 11) is 1.52. The first-order valence-electron chi connectivity index (χ1n) is 5.14. The summed E-state index contributed by atoms with van der Waals surface area (Å²) < 4.78 is 2.30. The standard InChI is InChI=1S/C11H11N5O2/c1-3-10(17)12-8-4-6-9(7-5-8)16-11(18)15(2)13-14-16/h3-7H,1H2,2H3,(H,12,17). The predicted molar refractivity (Wildman–Crippen MR) is 65.4 cm³/mol. The molecule has 0 unspecified atom stereocenters. The molecule has 0 bridgehead atoms. The van der Waals surface area contributed by atoms with E-state index in [9.17, 15) is 9.59 Å². The van der Waals surface area contributed by atoms with Gasteiger partial charge in [0.15, 0.2) is 0 Å². The van der Waals surface area contributed by atoms with E-state index in [2.05, 4.69) is 22.3 Å². The van der Waals surface area contributed by atoms with Crippen molar-refractivity contribution in [2.75, 3.05) is 5.32 Å². The third-order valence-electron chi connectivity index (χ3n) is 2.29. The maximum absolute atomic E-state index is 11.6. The van der Waals surface area contributed by atoms with Crippen LogP contribution in [-0.2, 0) is 11.8 Å². The minimum Gasteiger partial charge on any atom is -0.323 e. The Bertz CT molecular complexity index is 638. The van der Waals surface area contributed by atoms with E-state index >= 15 is 0 Å². The number of hydrogen-bond acceptors (Lipinski definition) is 4. The largest absolute Gasteiger partial charge is 0.368 e. The number of carbonyl (C=O) groups is 1. The number of aromatic nitrogens is 4. The summed E-state index contributed by atoms with van der Waals surface area (Å²) in [6, 6.07) is 6.65. The maximum Gasteiger partial charge on any atom is 0.368 e. The number of aryl methyl sites for hydroxylation is 1. The van der Waals surface area contributed by atoms with Gasteiger partial charge in [-0.25, -0.2) is 4.79 Å². The molecule has 0 aliphatic rings. The van der Waals surface area contributed by atoms with Gasteiger partial charge in [0.1, 0.15) is 0 Å². The Balaban J connectivity index is 2.28. The molecule has 1 aromatic carbocycles. The zero-order valence-corrected chi connectivity index (χ0v) is 9.70. The molecule has 0 saturated heterocycles. The molecule has 0 aliphatic carbocycles. The smallest absolute Gasteiger partial charge is 0.323 e. The molecule has 0 aliphatic heterocycles. The van der Waals surface area contributed by atoms with Gasteiger partial charge in [-0.3, -0.25) is 4.79 Å². The highest BCUT2D eigenvalue weighted by atomic mass is 16.2. The molecule has 0 atom stereocenters. The van der Waals surface area contributed by atoms with Gasteiger partial charge < -0.3 is 5.32 Å². The van der Waals surface area contributed by atoms with Gasteiger partial charge in [-0.05, 0) is 40.8 Å². The van der Waals surface area contributed by atoms with Crippen molar-refractivity contribution in [2.24, 2.45) is 7.05 Å². The van der Waals surface area contributed by atoms with Crippen LogP contribution in [-0.4, -0.2) is 25.7 Å². The molecule has 1 amide bonds. The molecule has 0 fully saturated rings. The number of anilines is 1. The molecular weight excluding hydrogens is 234 g/mol. The molecule has 18 heavy (non-hydrogen) atoms. The third-order valence-corrected chi connectivity index (χ3v) is 2.29. The van der Waals surface area contributed by atoms with Crippen LogP contribution in [0.2, 0.25) is 0 Å². The Morgan fingerprint density at radius 1 is 1.33 bits per heavy atom. The molecule has 2 aromatic rings. The second kappa shape index (κ2) is 4.66. The number of carbonyl (C=O) groups excluding carboxylic acids is 1. The average molecular weight is 245 g/mol. The van der Waals surface area contributed by atoms with Crippen molar-refractivity contribution in [1.29, 1.82) is 0 Å². The lowest BCUT2D eigenvalue weighted by atomic mass is 10.3. The van der Waals surface area contributed by atoms with Gasteiger partial charge in [0.25, 0.3) is 0 Å². The molecule has 1 N–H and O–H groups in total. The zero-order valence-electron chi connectivity index (χ0n) is 9.70. The van der Waals surface area contributed by atoms with Crippen molar-refractivity contribution in [3.8, 4) is 5.69 Å². The fourth-order valence-corrected chi connectivity index (χ4v) is 1.35. The summed E-state index contributed by atoms with van der Waals surface area (Å²) in [5, 5.41) is 9.92. The highest BCUT2D eigenvalue weighted by Gasteiger charge is 2.05. The minimum absolute atomic E-state index is 0.292. The van der Waals surface area contributed by atoms with Crippen molar-refractivity contribution in [3.05, 3.63) is 47.4 Å². The van der Waals surface area contributed by atoms with Gasteiger partial charge in [-0.2, -0.15) is 9.36 Å². The molecule has 1 aromatic heterocycles. The number of hydrogen-bond donors (Lipinski definition) is 1. The first-order valence-corrected chi connectivity index (χ1v) is 5.14. The Kier molecular flexibility index (Phi) is 3.05. The molecule has 92 valence electrons. The molecule has 1 heterocycles. The minimum atomic E-state index is -0.335. The number of tetrazole rings is 1. The number of rotatable bonds is 3. The highest BCUT2D eigenvalue weighted by Crippen LogP contribution is 2.10. The van der Waals surface area contributed by atoms with Crippen LogP contribution in [0.25, 0.3) is 5.69 Å². The first-order chi connectivity index (χ1) is 8.61. The summed E-state index contributed by atoms with van der Waals surface area (Å²) in [5.41, 5.74) is 0.850. The van der Waals surface area contributed by atoms with Gasteiger partial charge >= 0.3 is 5.69 Å². The summed E-state index contributed by atoms with van der Waals surface area (Å²) in [6.07, 6.45) is 1.18. The topological polar surface area (TPSA) is 81.8 Å². The van der Waals surface area contributed by atoms with Gasteiger partial charge in [-0.1, -0.05) is 6.58 Å². The summed E-state index contributed by atoms with van der Waals surface area (Å²) >= 11 is 0. The molecule has 0 saturated carbocycles. The lowest BCUT2D eigenvalue weighted by Crippen LogP contribution is -2.21. The van der Waals surface area contributed by atoms with E-state index in [4.69, 9.17) is 0 Å². The highest BCUT2D eigenvalue weighted by molar-refractivity contribution is 5.98. The Morgan fingerprint density at radius 2 is 2.00 bits per heavy atom. The molecule has 7 nitrogen and oxygen atoms in total. The second-order valence-electron chi connectivity index (χ2n) is 3.54. The van der Waals surface area contributed by atoms with Gasteiger partial charge in [-0.15, -0.1) is 0 Å². The van der Waals surface area contributed by atoms with Crippen molar-refractivity contribution in [2.45, 2.75) is 0 Å². The lowest BCUT2D eigenvalue weighted by Gasteiger charge is -2.03. The molecule has 0 spiro atoms. The van der Waals surface area contributed by atoms with E-state index in [1.54, 1.807) is 24.3 Å². The van der Waals surface area contributed by atoms with Gasteiger partial charge in [0, 0.05) is 12.7 Å². The molecule has 7 heteroatoms. The summed E-state index contributed by atoms with van der Waals surface area (Å²) in [5.74, 6) is -0.292. The van der Waals surface area contributed by atoms with Crippen molar-refractivity contribution >= 4 is 11.6 Å². The van der Waals surface area contributed by atoms with E-state index < -0.39 is 0 Å². The molecular formula is C11H11N5O2. The van der Waals surface area contributed by atoms with Crippen LogP contribution >= 0.6 is 0 Å². The Morgan fingerprint density at radius 3 is 2.50 bits per heavy atom. The van der Waals surface area contributed by atoms with Crippen LogP contribution in [0.3, 0.4) is 0 Å². The number of benzene rings is 1. The zero-order chi connectivity index (χ0) is 13.1. The fraction of sp³-hybridized carbons (Fsp3) is 0.0909. The van der Waals surface area contributed by atoms with E-state index in [0.29, 0.717) is 11.4 Å². The summed E-state index contributed by atoms with van der Waals surface area (Å²) in [4.78, 5) is 22.7. The number of amides is 1. The van der Waals surface area contributed by atoms with Crippen molar-refractivity contribution < 1.29 is 4.79 Å². The lowest BCUT2D eigenvalue weighted by molar-refractivity contribution is -0.111. The van der Waals surface area contributed by atoms with Crippen LogP contribution in [0.4, 0.5) is 5.69 Å². The molecule has 0 radical (unpaired) electrons. The summed E-state index contributed by atoms with van der Waals surface area (Å²) in [6.45, 7) is 3.36. The van der Waals surface area contributed by atoms with E-state index in [0.717, 1.165) is 4.68 Å². The van der Waals surface area contributed by atoms with Gasteiger partial charge in [0.2, 0.25) is 5.91 Å². The average Bonchev–Trinajstić information content (AvgIpc) is 2.71. The van der Waals surface area contributed by atoms with E-state index in [-0.39, 0.29) is 11.6 Å². The SMILES string of the molecule is C=CC(=O)Nc1ccc(-n2nnn(C)c2=O)cc1. The first kappa shape index (κ1) is 11.8. The van der Waals surface area contributed by atoms with E-state index in [1.165, 1.54) is 17.8 Å². The fourth-order valence-electron chi connectivity index (χ4n) is 1.35. The monoisotopic (exact) mass is 245 g/mol. The van der Waals surface area contributed by atoms with Crippen LogP contribution < -0.4 is 11.0 Å². The van der Waals surface area contributed by atoms with Crippen LogP contribution in [0.15, 0.2) is 41.7 Å². The number of nitrogens with one attached hydrogen (secondary N) is 1. The van der Waals surface area contributed by atoms with Crippen LogP contribution in [0.1, 0.15) is 0 Å². The molecule has 2 rings (SSSR count). The van der Waals surface area contributed by atoms with Crippen LogP contribution in [0, 0.1) is 0 Å². The van der Waals surface area contributed by atoms with E-state index in [1.807, 2.05) is 0 Å². The third kappa shape index (κ3) is 2.19. The van der Waals surface area contributed by atoms with Crippen molar-refractivity contribution in [3.63, 3.8) is 0 Å². The maximum atomic E-state index is 11.6. The Labute approximate surface area is 102 Å². The normalized spacial score (nSPS) is 10.1. The van der Waals surface area contributed by atoms with Gasteiger partial charge in [0.05, 0.1) is 5.69 Å². The van der Waals surface area contributed by atoms with Crippen molar-refractivity contribution in [1.82, 2.24) is 19.8 Å². The number of nitrogens with zero attached hydrogens (tertiary/aromatic N) is 4. The predicted octanol–water partition coefficient (Wildman–Crippen LogP) is 0.0905.